The Morgan fingerprint density at radius 2 is 1.89 bits per heavy atom. The molecule has 2 fully saturated rings. The zero-order valence-electron chi connectivity index (χ0n) is 14.9. The molecular formula is C17H22ClF3N4O2. The van der Waals surface area contributed by atoms with Crippen LogP contribution in [0.1, 0.15) is 5.56 Å². The van der Waals surface area contributed by atoms with Gasteiger partial charge in [0, 0.05) is 51.9 Å². The molecule has 3 rings (SSSR count). The molecule has 2 saturated heterocycles. The number of piperazine rings is 1. The Balaban J connectivity index is 1.58. The second kappa shape index (κ2) is 8.22. The molecule has 1 aromatic carbocycles. The van der Waals surface area contributed by atoms with Gasteiger partial charge in [0.1, 0.15) is 11.8 Å². The first-order valence-corrected chi connectivity index (χ1v) is 9.12. The van der Waals surface area contributed by atoms with Gasteiger partial charge >= 0.3 is 6.36 Å². The molecule has 1 amide bonds. The van der Waals surface area contributed by atoms with Crippen LogP contribution in [0.3, 0.4) is 0 Å². The number of amides is 1. The molecule has 2 aliphatic heterocycles. The first kappa shape index (κ1) is 20.2. The van der Waals surface area contributed by atoms with Gasteiger partial charge in [0.2, 0.25) is 0 Å². The molecule has 6 nitrogen and oxygen atoms in total. The van der Waals surface area contributed by atoms with E-state index >= 15 is 0 Å². The van der Waals surface area contributed by atoms with Gasteiger partial charge in [-0.05, 0) is 6.07 Å². The zero-order chi connectivity index (χ0) is 19.6. The Labute approximate surface area is 160 Å². The summed E-state index contributed by atoms with van der Waals surface area (Å²) in [6, 6.07) is 5.76. The van der Waals surface area contributed by atoms with E-state index in [4.69, 9.17) is 11.6 Å². The summed E-state index contributed by atoms with van der Waals surface area (Å²) in [7, 11) is 1.77. The number of rotatable bonds is 4. The topological polar surface area (TPSA) is 48.1 Å². The molecule has 0 aromatic heterocycles. The molecule has 1 aromatic rings. The number of hydrazine groups is 1. The first-order chi connectivity index (χ1) is 12.7. The highest BCUT2D eigenvalue weighted by atomic mass is 35.5. The summed E-state index contributed by atoms with van der Waals surface area (Å²) in [6.45, 7) is 3.40. The number of benzene rings is 1. The molecule has 1 N–H and O–H groups in total. The molecule has 0 saturated carbocycles. The van der Waals surface area contributed by atoms with Crippen molar-refractivity contribution in [2.24, 2.45) is 0 Å². The summed E-state index contributed by atoms with van der Waals surface area (Å²) < 4.78 is 41.8. The molecule has 2 aliphatic rings. The lowest BCUT2D eigenvalue weighted by Crippen LogP contribution is -2.65. The average Bonchev–Trinajstić information content (AvgIpc) is 2.56. The summed E-state index contributed by atoms with van der Waals surface area (Å²) in [4.78, 5) is 16.3. The molecule has 2 atom stereocenters. The Hall–Kier alpha value is -1.55. The van der Waals surface area contributed by atoms with E-state index in [9.17, 15) is 18.0 Å². The lowest BCUT2D eigenvalue weighted by Gasteiger charge is -2.43. The number of hydrogen-bond acceptors (Lipinski definition) is 5. The van der Waals surface area contributed by atoms with E-state index in [1.54, 1.807) is 24.2 Å². The van der Waals surface area contributed by atoms with E-state index in [2.05, 4.69) is 10.2 Å². The SMILES string of the molecule is CN1CC(Cl)C(N2CCN(Cc3ccccc3OC(F)(F)F)CC2)C(=O)N1. The van der Waals surface area contributed by atoms with Gasteiger partial charge in [-0.15, -0.1) is 24.8 Å². The maximum atomic E-state index is 12.6. The van der Waals surface area contributed by atoms with Gasteiger partial charge in [0.05, 0.1) is 5.38 Å². The summed E-state index contributed by atoms with van der Waals surface area (Å²) in [5.74, 6) is -0.302. The third-order valence-corrected chi connectivity index (χ3v) is 5.13. The van der Waals surface area contributed by atoms with Crippen molar-refractivity contribution < 1.29 is 22.7 Å². The van der Waals surface area contributed by atoms with Crippen molar-refractivity contribution in [3.63, 3.8) is 0 Å². The van der Waals surface area contributed by atoms with Crippen LogP contribution in [-0.2, 0) is 11.3 Å². The third-order valence-electron chi connectivity index (χ3n) is 4.75. The predicted molar refractivity (Wildman–Crippen MR) is 94.2 cm³/mol. The number of nitrogens with zero attached hydrogens (tertiary/aromatic N) is 3. The number of carbonyl (C=O) groups excluding carboxylic acids is 1. The van der Waals surface area contributed by atoms with Crippen molar-refractivity contribution in [2.75, 3.05) is 39.8 Å². The molecule has 27 heavy (non-hydrogen) atoms. The Morgan fingerprint density at radius 3 is 2.52 bits per heavy atom. The minimum Gasteiger partial charge on any atom is -0.405 e. The maximum absolute atomic E-state index is 12.6. The van der Waals surface area contributed by atoms with E-state index in [1.165, 1.54) is 12.1 Å². The Kier molecular flexibility index (Phi) is 6.15. The molecule has 0 aliphatic carbocycles. The van der Waals surface area contributed by atoms with Gasteiger partial charge < -0.3 is 4.74 Å². The van der Waals surface area contributed by atoms with Gasteiger partial charge in [-0.25, -0.2) is 5.01 Å². The standard InChI is InChI=1S/C17H22ClF3N4O2/c1-23-11-13(18)15(16(26)22-23)25-8-6-24(7-9-25)10-12-4-2-3-5-14(12)27-17(19,20)21/h2-5,13,15H,6-11H2,1H3,(H,22,26). The molecule has 10 heteroatoms. The largest absolute Gasteiger partial charge is 0.573 e. The molecule has 0 spiro atoms. The zero-order valence-corrected chi connectivity index (χ0v) is 15.6. The predicted octanol–water partition coefficient (Wildman–Crippen LogP) is 1.66. The minimum absolute atomic E-state index is 0.124. The van der Waals surface area contributed by atoms with Gasteiger partial charge in [-0.2, -0.15) is 0 Å². The number of halogens is 4. The van der Waals surface area contributed by atoms with E-state index in [0.717, 1.165) is 0 Å². The summed E-state index contributed by atoms with van der Waals surface area (Å²) in [5.41, 5.74) is 3.25. The number of carbonyl (C=O) groups is 1. The van der Waals surface area contributed by atoms with Crippen LogP contribution in [-0.4, -0.2) is 78.3 Å². The fourth-order valence-corrected chi connectivity index (χ4v) is 4.00. The number of ether oxygens (including phenoxy) is 1. The van der Waals surface area contributed by atoms with Gasteiger partial charge in [-0.3, -0.25) is 20.0 Å². The van der Waals surface area contributed by atoms with Crippen LogP contribution in [0.25, 0.3) is 0 Å². The number of alkyl halides is 4. The highest BCUT2D eigenvalue weighted by molar-refractivity contribution is 6.23. The van der Waals surface area contributed by atoms with E-state index < -0.39 is 12.4 Å². The smallest absolute Gasteiger partial charge is 0.405 e. The monoisotopic (exact) mass is 406 g/mol. The van der Waals surface area contributed by atoms with E-state index in [1.807, 2.05) is 9.80 Å². The van der Waals surface area contributed by atoms with Crippen LogP contribution in [0, 0.1) is 0 Å². The lowest BCUT2D eigenvalue weighted by atomic mass is 10.1. The molecule has 150 valence electrons. The quantitative estimate of drug-likeness (QED) is 0.771. The fourth-order valence-electron chi connectivity index (χ4n) is 3.52. The van der Waals surface area contributed by atoms with Crippen LogP contribution >= 0.6 is 11.6 Å². The molecule has 2 unspecified atom stereocenters. The normalized spacial score (nSPS) is 26.0. The Morgan fingerprint density at radius 1 is 1.22 bits per heavy atom. The third kappa shape index (κ3) is 5.25. The minimum atomic E-state index is -4.72. The molecule has 0 radical (unpaired) electrons. The number of nitrogens with one attached hydrogen (secondary N) is 1. The molecular weight excluding hydrogens is 385 g/mol. The second-order valence-corrected chi connectivity index (χ2v) is 7.35. The first-order valence-electron chi connectivity index (χ1n) is 8.69. The van der Waals surface area contributed by atoms with Crippen molar-refractivity contribution in [3.05, 3.63) is 29.8 Å². The maximum Gasteiger partial charge on any atom is 0.573 e. The van der Waals surface area contributed by atoms with Crippen molar-refractivity contribution in [2.45, 2.75) is 24.3 Å². The summed E-state index contributed by atoms with van der Waals surface area (Å²) in [5, 5.41) is 1.36. The van der Waals surface area contributed by atoms with Crippen LogP contribution in [0.5, 0.6) is 5.75 Å². The van der Waals surface area contributed by atoms with Crippen LogP contribution in [0.4, 0.5) is 13.2 Å². The van der Waals surface area contributed by atoms with Crippen LogP contribution in [0.2, 0.25) is 0 Å². The summed E-state index contributed by atoms with van der Waals surface area (Å²) in [6.07, 6.45) is -4.72. The van der Waals surface area contributed by atoms with Crippen LogP contribution < -0.4 is 10.2 Å². The van der Waals surface area contributed by atoms with Gasteiger partial charge in [0.15, 0.2) is 0 Å². The average molecular weight is 407 g/mol. The highest BCUT2D eigenvalue weighted by Crippen LogP contribution is 2.27. The molecule has 0 bridgehead atoms. The van der Waals surface area contributed by atoms with E-state index in [0.29, 0.717) is 44.8 Å². The molecule has 2 heterocycles. The van der Waals surface area contributed by atoms with Crippen molar-refractivity contribution in [1.82, 2.24) is 20.2 Å². The van der Waals surface area contributed by atoms with Crippen LogP contribution in [0.15, 0.2) is 24.3 Å². The van der Waals surface area contributed by atoms with Crippen molar-refractivity contribution >= 4 is 17.5 Å². The van der Waals surface area contributed by atoms with Crippen molar-refractivity contribution in [3.8, 4) is 5.75 Å². The fraction of sp³-hybridized carbons (Fsp3) is 0.588. The highest BCUT2D eigenvalue weighted by Gasteiger charge is 2.39. The number of hydrogen-bond donors (Lipinski definition) is 1. The Bertz CT molecular complexity index is 668. The lowest BCUT2D eigenvalue weighted by molar-refractivity contribution is -0.275. The second-order valence-electron chi connectivity index (χ2n) is 6.79. The van der Waals surface area contributed by atoms with E-state index in [-0.39, 0.29) is 17.0 Å². The summed E-state index contributed by atoms with van der Waals surface area (Å²) >= 11 is 6.37. The van der Waals surface area contributed by atoms with Gasteiger partial charge in [0.25, 0.3) is 5.91 Å². The van der Waals surface area contributed by atoms with Crippen molar-refractivity contribution in [1.29, 1.82) is 0 Å². The number of para-hydroxylation sites is 1. The van der Waals surface area contributed by atoms with Gasteiger partial charge in [-0.1, -0.05) is 18.2 Å².